The molecule has 0 saturated carbocycles. The second-order valence-corrected chi connectivity index (χ2v) is 6.11. The molecule has 0 aliphatic carbocycles. The Morgan fingerprint density at radius 3 is 2.70 bits per heavy atom. The van der Waals surface area contributed by atoms with Gasteiger partial charge < -0.3 is 10.0 Å². The number of carboxylic acids is 1. The van der Waals surface area contributed by atoms with E-state index in [4.69, 9.17) is 5.11 Å². The molecule has 0 unspecified atom stereocenters. The van der Waals surface area contributed by atoms with Crippen molar-refractivity contribution in [3.63, 3.8) is 0 Å². The number of hydrogen-bond acceptors (Lipinski definition) is 5. The van der Waals surface area contributed by atoms with Crippen molar-refractivity contribution in [2.75, 3.05) is 6.54 Å². The number of amides is 1. The first-order valence-corrected chi connectivity index (χ1v) is 7.82. The molecular formula is C13H14N2O3S2. The van der Waals surface area contributed by atoms with Gasteiger partial charge in [-0.15, -0.1) is 11.3 Å². The highest BCUT2D eigenvalue weighted by Gasteiger charge is 2.23. The third-order valence-electron chi connectivity index (χ3n) is 2.68. The summed E-state index contributed by atoms with van der Waals surface area (Å²) in [6.45, 7) is 3.25. The standard InChI is InChI=1S/C13H14N2O3S2/c1-8(2)15(5-11(16)17)13(18)10-7-20-12(14-10)9-3-4-19-6-9/h3-4,6-8H,5H2,1-2H3,(H,16,17). The van der Waals surface area contributed by atoms with E-state index in [1.54, 1.807) is 30.6 Å². The number of aliphatic carboxylic acids is 1. The summed E-state index contributed by atoms with van der Waals surface area (Å²) >= 11 is 2.95. The van der Waals surface area contributed by atoms with Crippen LogP contribution in [-0.2, 0) is 4.79 Å². The van der Waals surface area contributed by atoms with E-state index < -0.39 is 5.97 Å². The molecule has 2 heterocycles. The minimum atomic E-state index is -1.03. The maximum atomic E-state index is 12.3. The maximum Gasteiger partial charge on any atom is 0.323 e. The smallest absolute Gasteiger partial charge is 0.323 e. The number of aromatic nitrogens is 1. The molecule has 0 fully saturated rings. The number of nitrogens with zero attached hydrogens (tertiary/aromatic N) is 2. The van der Waals surface area contributed by atoms with E-state index in [0.717, 1.165) is 10.6 Å². The molecule has 20 heavy (non-hydrogen) atoms. The summed E-state index contributed by atoms with van der Waals surface area (Å²) in [5.74, 6) is -1.37. The number of carboxylic acid groups (broad SMARTS) is 1. The highest BCUT2D eigenvalue weighted by molar-refractivity contribution is 7.14. The normalized spacial score (nSPS) is 10.8. The lowest BCUT2D eigenvalue weighted by Gasteiger charge is -2.23. The molecule has 0 bridgehead atoms. The van der Waals surface area contributed by atoms with Crippen LogP contribution in [0.3, 0.4) is 0 Å². The molecule has 106 valence electrons. The summed E-state index contributed by atoms with van der Waals surface area (Å²) in [6, 6.07) is 1.75. The van der Waals surface area contributed by atoms with Gasteiger partial charge in [0.05, 0.1) is 0 Å². The molecule has 0 saturated heterocycles. The molecule has 2 aromatic heterocycles. The molecule has 2 aromatic rings. The van der Waals surface area contributed by atoms with Gasteiger partial charge in [0, 0.05) is 22.4 Å². The van der Waals surface area contributed by atoms with Gasteiger partial charge in [-0.05, 0) is 25.3 Å². The van der Waals surface area contributed by atoms with Gasteiger partial charge in [-0.3, -0.25) is 9.59 Å². The van der Waals surface area contributed by atoms with Crippen LogP contribution >= 0.6 is 22.7 Å². The van der Waals surface area contributed by atoms with E-state index in [1.807, 2.05) is 16.8 Å². The third-order valence-corrected chi connectivity index (χ3v) is 4.26. The fourth-order valence-electron chi connectivity index (χ4n) is 1.67. The van der Waals surface area contributed by atoms with Crippen molar-refractivity contribution in [3.8, 4) is 10.6 Å². The van der Waals surface area contributed by atoms with Gasteiger partial charge in [-0.1, -0.05) is 0 Å². The SMILES string of the molecule is CC(C)N(CC(=O)O)C(=O)c1csc(-c2ccsc2)n1. The molecule has 0 aliphatic heterocycles. The van der Waals surface area contributed by atoms with Crippen molar-refractivity contribution >= 4 is 34.6 Å². The van der Waals surface area contributed by atoms with Crippen LogP contribution in [0.1, 0.15) is 24.3 Å². The van der Waals surface area contributed by atoms with E-state index in [0.29, 0.717) is 5.69 Å². The first-order valence-electron chi connectivity index (χ1n) is 6.00. The summed E-state index contributed by atoms with van der Waals surface area (Å²) in [5, 5.41) is 15.2. The summed E-state index contributed by atoms with van der Waals surface area (Å²) in [5.41, 5.74) is 1.28. The molecule has 2 rings (SSSR count). The minimum Gasteiger partial charge on any atom is -0.480 e. The Kier molecular flexibility index (Phi) is 4.51. The van der Waals surface area contributed by atoms with Gasteiger partial charge in [0.25, 0.3) is 5.91 Å². The lowest BCUT2D eigenvalue weighted by atomic mass is 10.2. The van der Waals surface area contributed by atoms with Gasteiger partial charge >= 0.3 is 5.97 Å². The Hall–Kier alpha value is -1.73. The van der Waals surface area contributed by atoms with Gasteiger partial charge in [0.2, 0.25) is 0 Å². The fourth-order valence-corrected chi connectivity index (χ4v) is 3.18. The van der Waals surface area contributed by atoms with Crippen molar-refractivity contribution in [2.45, 2.75) is 19.9 Å². The second kappa shape index (κ2) is 6.15. The molecule has 1 amide bonds. The van der Waals surface area contributed by atoms with Crippen LogP contribution in [0, 0.1) is 0 Å². The predicted molar refractivity (Wildman–Crippen MR) is 79.2 cm³/mol. The van der Waals surface area contributed by atoms with E-state index in [9.17, 15) is 9.59 Å². The molecule has 1 N–H and O–H groups in total. The summed E-state index contributed by atoms with van der Waals surface area (Å²) in [4.78, 5) is 28.8. The van der Waals surface area contributed by atoms with Crippen LogP contribution in [0.2, 0.25) is 0 Å². The number of rotatable bonds is 5. The van der Waals surface area contributed by atoms with Crippen LogP contribution in [0.25, 0.3) is 10.6 Å². The van der Waals surface area contributed by atoms with Crippen LogP contribution in [0.5, 0.6) is 0 Å². The number of thiazole rings is 1. The highest BCUT2D eigenvalue weighted by Crippen LogP contribution is 2.26. The quantitative estimate of drug-likeness (QED) is 0.922. The molecule has 5 nitrogen and oxygen atoms in total. The first kappa shape index (κ1) is 14.7. The number of carbonyl (C=O) groups excluding carboxylic acids is 1. The Morgan fingerprint density at radius 1 is 1.40 bits per heavy atom. The predicted octanol–water partition coefficient (Wildman–Crippen LogP) is 2.81. The Labute approximate surface area is 124 Å². The number of hydrogen-bond donors (Lipinski definition) is 1. The van der Waals surface area contributed by atoms with Gasteiger partial charge in [0.15, 0.2) is 0 Å². The van der Waals surface area contributed by atoms with E-state index in [1.165, 1.54) is 16.2 Å². The van der Waals surface area contributed by atoms with Crippen LogP contribution in [-0.4, -0.2) is 39.5 Å². The first-order chi connectivity index (χ1) is 9.49. The van der Waals surface area contributed by atoms with Gasteiger partial charge in [-0.2, -0.15) is 11.3 Å². The molecular weight excluding hydrogens is 296 g/mol. The molecule has 0 atom stereocenters. The Balaban J connectivity index is 2.22. The van der Waals surface area contributed by atoms with Gasteiger partial charge in [0.1, 0.15) is 17.2 Å². The number of carbonyl (C=O) groups is 2. The minimum absolute atomic E-state index is 0.190. The summed E-state index contributed by atoms with van der Waals surface area (Å²) in [6.07, 6.45) is 0. The van der Waals surface area contributed by atoms with Crippen molar-refractivity contribution in [3.05, 3.63) is 27.9 Å². The van der Waals surface area contributed by atoms with E-state index >= 15 is 0 Å². The van der Waals surface area contributed by atoms with Crippen molar-refractivity contribution in [2.24, 2.45) is 0 Å². The van der Waals surface area contributed by atoms with Gasteiger partial charge in [-0.25, -0.2) is 4.98 Å². The Bertz CT molecular complexity index is 605. The van der Waals surface area contributed by atoms with Crippen LogP contribution in [0.15, 0.2) is 22.2 Å². The summed E-state index contributed by atoms with van der Waals surface area (Å²) in [7, 11) is 0. The van der Waals surface area contributed by atoms with Crippen molar-refractivity contribution in [1.82, 2.24) is 9.88 Å². The Morgan fingerprint density at radius 2 is 2.15 bits per heavy atom. The average Bonchev–Trinajstić information content (AvgIpc) is 3.04. The van der Waals surface area contributed by atoms with Crippen LogP contribution < -0.4 is 0 Å². The zero-order chi connectivity index (χ0) is 14.7. The second-order valence-electron chi connectivity index (χ2n) is 4.47. The monoisotopic (exact) mass is 310 g/mol. The number of thiophene rings is 1. The topological polar surface area (TPSA) is 70.5 Å². The molecule has 7 heteroatoms. The molecule has 0 aromatic carbocycles. The molecule has 0 radical (unpaired) electrons. The fraction of sp³-hybridized carbons (Fsp3) is 0.308. The maximum absolute atomic E-state index is 12.3. The third kappa shape index (κ3) is 3.23. The molecule has 0 spiro atoms. The lowest BCUT2D eigenvalue weighted by molar-refractivity contribution is -0.138. The zero-order valence-electron chi connectivity index (χ0n) is 11.1. The highest BCUT2D eigenvalue weighted by atomic mass is 32.1. The van der Waals surface area contributed by atoms with Crippen molar-refractivity contribution < 1.29 is 14.7 Å². The van der Waals surface area contributed by atoms with E-state index in [2.05, 4.69) is 4.98 Å². The summed E-state index contributed by atoms with van der Waals surface area (Å²) < 4.78 is 0. The zero-order valence-corrected chi connectivity index (χ0v) is 12.7. The largest absolute Gasteiger partial charge is 0.480 e. The lowest BCUT2D eigenvalue weighted by Crippen LogP contribution is -2.40. The van der Waals surface area contributed by atoms with E-state index in [-0.39, 0.29) is 18.5 Å². The van der Waals surface area contributed by atoms with Crippen LogP contribution in [0.4, 0.5) is 0 Å². The average molecular weight is 310 g/mol. The molecule has 0 aliphatic rings. The van der Waals surface area contributed by atoms with Crippen molar-refractivity contribution in [1.29, 1.82) is 0 Å².